The summed E-state index contributed by atoms with van der Waals surface area (Å²) in [7, 11) is 0. The van der Waals surface area contributed by atoms with Crippen molar-refractivity contribution in [2.75, 3.05) is 6.61 Å². The van der Waals surface area contributed by atoms with Crippen LogP contribution in [0.5, 0.6) is 0 Å². The number of hydrogen-bond donors (Lipinski definition) is 2. The highest BCUT2D eigenvalue weighted by molar-refractivity contribution is 5.63. The first kappa shape index (κ1) is 5.27. The molecule has 0 heterocycles. The molecule has 0 aromatic heterocycles. The van der Waals surface area contributed by atoms with Crippen molar-refractivity contribution in [3.8, 4) is 0 Å². The molecule has 0 aliphatic heterocycles. The lowest BCUT2D eigenvalue weighted by atomic mass is 10.9. The van der Waals surface area contributed by atoms with E-state index in [2.05, 4.69) is 4.74 Å². The van der Waals surface area contributed by atoms with Gasteiger partial charge in [0.2, 0.25) is 0 Å². The van der Waals surface area contributed by atoms with Crippen LogP contribution in [0, 0.1) is 0 Å². The third kappa shape index (κ3) is 3.27. The Morgan fingerprint density at radius 3 is 2.50 bits per heavy atom. The lowest BCUT2D eigenvalue weighted by Gasteiger charge is -1.87. The fourth-order valence-corrected chi connectivity index (χ4v) is 0.167. The number of hydrogen-bond acceptors (Lipinski definition) is 1. The van der Waals surface area contributed by atoms with Gasteiger partial charge in [-0.25, -0.2) is 0 Å². The highest BCUT2D eigenvalue weighted by Gasteiger charge is 1.84. The van der Waals surface area contributed by atoms with Crippen molar-refractivity contribution in [2.45, 2.75) is 6.92 Å². The third-order valence-electron chi connectivity index (χ3n) is 0.311. The molecular formula is C3H9N2O+. The summed E-state index contributed by atoms with van der Waals surface area (Å²) in [6.07, 6.45) is 0. The van der Waals surface area contributed by atoms with Crippen LogP contribution in [0.1, 0.15) is 6.92 Å². The fraction of sp³-hybridized carbons (Fsp3) is 0.667. The second-order valence-corrected chi connectivity index (χ2v) is 0.835. The van der Waals surface area contributed by atoms with Crippen LogP contribution in [0.4, 0.5) is 0 Å². The van der Waals surface area contributed by atoms with Crippen LogP contribution < -0.4 is 11.1 Å². The minimum atomic E-state index is 0.0394. The first-order chi connectivity index (χ1) is 2.77. The van der Waals surface area contributed by atoms with E-state index in [4.69, 9.17) is 11.1 Å². The molecule has 0 rings (SSSR count). The molecule has 0 saturated heterocycles. The summed E-state index contributed by atoms with van der Waals surface area (Å²) in [5.41, 5.74) is 4.88. The second kappa shape index (κ2) is 2.50. The van der Waals surface area contributed by atoms with Crippen LogP contribution in [0.2, 0.25) is 0 Å². The Kier molecular flexibility index (Phi) is 2.20. The first-order valence-electron chi connectivity index (χ1n) is 1.78. The van der Waals surface area contributed by atoms with Crippen molar-refractivity contribution in [2.24, 2.45) is 5.73 Å². The van der Waals surface area contributed by atoms with Gasteiger partial charge < -0.3 is 4.74 Å². The predicted molar refractivity (Wildman–Crippen MR) is 22.7 cm³/mol. The van der Waals surface area contributed by atoms with Crippen LogP contribution in [-0.4, -0.2) is 12.6 Å². The van der Waals surface area contributed by atoms with E-state index in [1.807, 2.05) is 6.92 Å². The number of nitrogens with two attached hydrogens (primary N) is 2. The van der Waals surface area contributed by atoms with E-state index >= 15 is 0 Å². The summed E-state index contributed by atoms with van der Waals surface area (Å²) in [5, 5.41) is 4.88. The molecule has 0 atom stereocenters. The summed E-state index contributed by atoms with van der Waals surface area (Å²) < 4.78 is 4.51. The SMILES string of the molecule is CCOC(N)=[NH2+]. The zero-order valence-corrected chi connectivity index (χ0v) is 3.77. The molecule has 3 heteroatoms. The average molecular weight is 89.1 g/mol. The fourth-order valence-electron chi connectivity index (χ4n) is 0.167. The van der Waals surface area contributed by atoms with Gasteiger partial charge >= 0.3 is 6.02 Å². The van der Waals surface area contributed by atoms with E-state index in [-0.39, 0.29) is 6.02 Å². The molecule has 6 heavy (non-hydrogen) atoms. The number of rotatable bonds is 1. The van der Waals surface area contributed by atoms with Crippen LogP contribution in [-0.2, 0) is 4.74 Å². The Morgan fingerprint density at radius 1 is 2.00 bits per heavy atom. The quantitative estimate of drug-likeness (QED) is 0.291. The summed E-state index contributed by atoms with van der Waals surface area (Å²) in [5.74, 6) is 0. The molecular weight excluding hydrogens is 80.0 g/mol. The van der Waals surface area contributed by atoms with Gasteiger partial charge in [-0.2, -0.15) is 0 Å². The minimum Gasteiger partial charge on any atom is -0.432 e. The topological polar surface area (TPSA) is 60.8 Å². The molecule has 0 aliphatic carbocycles. The molecule has 0 aromatic carbocycles. The number of ether oxygens (including phenoxy) is 1. The summed E-state index contributed by atoms with van der Waals surface area (Å²) in [6, 6.07) is 0.0394. The lowest BCUT2D eigenvalue weighted by molar-refractivity contribution is -0.141. The molecule has 0 saturated carbocycles. The second-order valence-electron chi connectivity index (χ2n) is 0.835. The zero-order chi connectivity index (χ0) is 4.99. The van der Waals surface area contributed by atoms with Gasteiger partial charge in [0.1, 0.15) is 0 Å². The van der Waals surface area contributed by atoms with E-state index in [0.717, 1.165) is 0 Å². The van der Waals surface area contributed by atoms with Crippen molar-refractivity contribution in [3.05, 3.63) is 0 Å². The van der Waals surface area contributed by atoms with Crippen molar-refractivity contribution in [3.63, 3.8) is 0 Å². The molecule has 0 unspecified atom stereocenters. The standard InChI is InChI=1S/C3H8N2O/c1-2-6-3(4)5/h2H2,1H3,(H3,4,5)/p+1. The van der Waals surface area contributed by atoms with Gasteiger partial charge in [0, 0.05) is 0 Å². The molecule has 0 bridgehead atoms. The minimum absolute atomic E-state index is 0.0394. The van der Waals surface area contributed by atoms with Crippen molar-refractivity contribution >= 4 is 6.02 Å². The molecule has 0 aliphatic rings. The molecule has 3 nitrogen and oxygen atoms in total. The van der Waals surface area contributed by atoms with Gasteiger partial charge in [-0.1, -0.05) is 0 Å². The maximum absolute atomic E-state index is 4.88. The third-order valence-corrected chi connectivity index (χ3v) is 0.311. The first-order valence-corrected chi connectivity index (χ1v) is 1.78. The van der Waals surface area contributed by atoms with E-state index in [0.29, 0.717) is 6.61 Å². The lowest BCUT2D eigenvalue weighted by Crippen LogP contribution is -2.47. The van der Waals surface area contributed by atoms with Gasteiger partial charge in [-0.15, -0.1) is 0 Å². The maximum atomic E-state index is 4.88. The number of amidine groups is 1. The molecule has 0 aromatic rings. The summed E-state index contributed by atoms with van der Waals surface area (Å²) in [4.78, 5) is 0. The molecule has 0 spiro atoms. The van der Waals surface area contributed by atoms with Crippen molar-refractivity contribution < 1.29 is 10.1 Å². The predicted octanol–water partition coefficient (Wildman–Crippen LogP) is -1.90. The van der Waals surface area contributed by atoms with Crippen LogP contribution in [0.25, 0.3) is 0 Å². The molecule has 0 radical (unpaired) electrons. The van der Waals surface area contributed by atoms with Crippen LogP contribution in [0.15, 0.2) is 0 Å². The Labute approximate surface area is 36.6 Å². The smallest absolute Gasteiger partial charge is 0.432 e. The zero-order valence-electron chi connectivity index (χ0n) is 3.77. The highest BCUT2D eigenvalue weighted by atomic mass is 16.5. The average Bonchev–Trinajstić information content (AvgIpc) is 1.35. The Balaban J connectivity index is 2.83. The van der Waals surface area contributed by atoms with Crippen molar-refractivity contribution in [1.29, 1.82) is 0 Å². The van der Waals surface area contributed by atoms with Gasteiger partial charge in [0.05, 0.1) is 6.61 Å². The van der Waals surface area contributed by atoms with E-state index in [1.54, 1.807) is 0 Å². The Hall–Kier alpha value is -0.730. The molecule has 36 valence electrons. The van der Waals surface area contributed by atoms with Gasteiger partial charge in [0.25, 0.3) is 0 Å². The molecule has 0 amide bonds. The molecule has 4 N–H and O–H groups in total. The van der Waals surface area contributed by atoms with E-state index in [1.165, 1.54) is 0 Å². The summed E-state index contributed by atoms with van der Waals surface area (Å²) >= 11 is 0. The Bertz CT molecular complexity index is 52.8. The van der Waals surface area contributed by atoms with E-state index in [9.17, 15) is 0 Å². The maximum Gasteiger partial charge on any atom is 0.437 e. The van der Waals surface area contributed by atoms with Crippen molar-refractivity contribution in [1.82, 2.24) is 0 Å². The normalized spacial score (nSPS) is 7.50. The largest absolute Gasteiger partial charge is 0.437 e. The van der Waals surface area contributed by atoms with Crippen LogP contribution in [0.3, 0.4) is 0 Å². The summed E-state index contributed by atoms with van der Waals surface area (Å²) in [6.45, 7) is 2.36. The van der Waals surface area contributed by atoms with Gasteiger partial charge in [-0.3, -0.25) is 11.1 Å². The monoisotopic (exact) mass is 89.1 g/mol. The van der Waals surface area contributed by atoms with Gasteiger partial charge in [-0.05, 0) is 6.92 Å². The Morgan fingerprint density at radius 2 is 2.50 bits per heavy atom. The molecule has 0 fully saturated rings. The van der Waals surface area contributed by atoms with Gasteiger partial charge in [0.15, 0.2) is 0 Å². The van der Waals surface area contributed by atoms with E-state index < -0.39 is 0 Å². The van der Waals surface area contributed by atoms with Crippen LogP contribution >= 0.6 is 0 Å². The highest BCUT2D eigenvalue weighted by Crippen LogP contribution is 1.59.